The number of nitrogens with two attached hydrogens (primary N) is 1. The number of nitrogens with zero attached hydrogens (tertiary/aromatic N) is 2. The molecule has 1 aliphatic carbocycles. The first-order chi connectivity index (χ1) is 8.35. The van der Waals surface area contributed by atoms with Gasteiger partial charge in [0.15, 0.2) is 0 Å². The molecule has 2 N–H and O–H groups in total. The molecule has 102 valence electrons. The van der Waals surface area contributed by atoms with Crippen LogP contribution >= 0.6 is 0 Å². The summed E-state index contributed by atoms with van der Waals surface area (Å²) in [6, 6.07) is 0. The van der Waals surface area contributed by atoms with Gasteiger partial charge in [0.05, 0.1) is 6.20 Å². The smallest absolute Gasteiger partial charge is 0.0540 e. The van der Waals surface area contributed by atoms with Gasteiger partial charge in [-0.3, -0.25) is 4.68 Å². The molecule has 1 fully saturated rings. The monoisotopic (exact) mass is 249 g/mol. The standard InChI is InChI=1S/C15H27N3/c1-5-18-11-13(10-17-18)15(16)8-6-12(7-9-15)14(2,3)4/h10-12H,5-9,16H2,1-4H3. The molecule has 0 spiro atoms. The lowest BCUT2D eigenvalue weighted by Gasteiger charge is -2.41. The molecule has 0 aliphatic heterocycles. The third-order valence-corrected chi connectivity index (χ3v) is 4.63. The summed E-state index contributed by atoms with van der Waals surface area (Å²) in [6.45, 7) is 10.1. The summed E-state index contributed by atoms with van der Waals surface area (Å²) < 4.78 is 1.97. The van der Waals surface area contributed by atoms with Crippen molar-refractivity contribution in [1.29, 1.82) is 0 Å². The second-order valence-electron chi connectivity index (χ2n) is 6.88. The van der Waals surface area contributed by atoms with Crippen LogP contribution in [0.5, 0.6) is 0 Å². The van der Waals surface area contributed by atoms with Crippen LogP contribution in [0.25, 0.3) is 0 Å². The molecular formula is C15H27N3. The van der Waals surface area contributed by atoms with Crippen LogP contribution in [-0.4, -0.2) is 9.78 Å². The van der Waals surface area contributed by atoms with E-state index in [0.29, 0.717) is 5.41 Å². The van der Waals surface area contributed by atoms with Crippen LogP contribution in [0.3, 0.4) is 0 Å². The van der Waals surface area contributed by atoms with E-state index in [1.54, 1.807) is 0 Å². The molecule has 0 unspecified atom stereocenters. The highest BCUT2D eigenvalue weighted by Gasteiger charge is 2.37. The quantitative estimate of drug-likeness (QED) is 0.874. The predicted molar refractivity (Wildman–Crippen MR) is 75.2 cm³/mol. The van der Waals surface area contributed by atoms with Gasteiger partial charge in [0.25, 0.3) is 0 Å². The fraction of sp³-hybridized carbons (Fsp3) is 0.800. The summed E-state index contributed by atoms with van der Waals surface area (Å²) in [6.07, 6.45) is 8.72. The molecule has 0 amide bonds. The number of aryl methyl sites for hydroxylation is 1. The van der Waals surface area contributed by atoms with Crippen LogP contribution in [-0.2, 0) is 12.1 Å². The Kier molecular flexibility index (Phi) is 3.54. The summed E-state index contributed by atoms with van der Waals surface area (Å²) in [5, 5.41) is 4.36. The number of hydrogen-bond acceptors (Lipinski definition) is 2. The van der Waals surface area contributed by atoms with E-state index in [4.69, 9.17) is 5.73 Å². The molecule has 18 heavy (non-hydrogen) atoms. The minimum absolute atomic E-state index is 0.144. The van der Waals surface area contributed by atoms with E-state index >= 15 is 0 Å². The molecule has 3 nitrogen and oxygen atoms in total. The number of aromatic nitrogens is 2. The molecule has 1 aromatic rings. The summed E-state index contributed by atoms with van der Waals surface area (Å²) in [4.78, 5) is 0. The lowest BCUT2D eigenvalue weighted by atomic mass is 9.66. The Hall–Kier alpha value is -0.830. The molecule has 1 aromatic heterocycles. The highest BCUT2D eigenvalue weighted by atomic mass is 15.3. The first kappa shape index (κ1) is 13.6. The molecule has 1 heterocycles. The Morgan fingerprint density at radius 3 is 2.44 bits per heavy atom. The number of hydrogen-bond donors (Lipinski definition) is 1. The molecule has 0 aromatic carbocycles. The van der Waals surface area contributed by atoms with Crippen LogP contribution in [0.2, 0.25) is 0 Å². The van der Waals surface area contributed by atoms with Crippen LogP contribution in [0.15, 0.2) is 12.4 Å². The van der Waals surface area contributed by atoms with Crippen LogP contribution in [0, 0.1) is 11.3 Å². The molecule has 0 radical (unpaired) electrons. The Bertz CT molecular complexity index is 392. The Morgan fingerprint density at radius 1 is 1.39 bits per heavy atom. The van der Waals surface area contributed by atoms with E-state index in [0.717, 1.165) is 25.3 Å². The Morgan fingerprint density at radius 2 is 2.00 bits per heavy atom. The molecule has 2 rings (SSSR count). The lowest BCUT2D eigenvalue weighted by Crippen LogP contribution is -2.42. The van der Waals surface area contributed by atoms with Crippen molar-refractivity contribution in [2.75, 3.05) is 0 Å². The Labute approximate surface area is 111 Å². The van der Waals surface area contributed by atoms with Gasteiger partial charge in [-0.1, -0.05) is 20.8 Å². The van der Waals surface area contributed by atoms with Gasteiger partial charge in [0.1, 0.15) is 0 Å². The minimum atomic E-state index is -0.144. The van der Waals surface area contributed by atoms with E-state index in [2.05, 4.69) is 39.0 Å². The van der Waals surface area contributed by atoms with Crippen LogP contribution < -0.4 is 5.73 Å². The van der Waals surface area contributed by atoms with Crippen molar-refractivity contribution in [3.05, 3.63) is 18.0 Å². The summed E-state index contributed by atoms with van der Waals surface area (Å²) in [5.74, 6) is 0.801. The van der Waals surface area contributed by atoms with Gasteiger partial charge in [-0.15, -0.1) is 0 Å². The van der Waals surface area contributed by atoms with Crippen molar-refractivity contribution in [3.63, 3.8) is 0 Å². The van der Waals surface area contributed by atoms with Crippen LogP contribution in [0.1, 0.15) is 58.9 Å². The second-order valence-corrected chi connectivity index (χ2v) is 6.88. The normalized spacial score (nSPS) is 29.5. The molecule has 0 atom stereocenters. The molecule has 0 saturated heterocycles. The SMILES string of the molecule is CCn1cc(C2(N)CCC(C(C)(C)C)CC2)cn1. The number of rotatable bonds is 2. The van der Waals surface area contributed by atoms with Crippen molar-refractivity contribution in [1.82, 2.24) is 9.78 Å². The highest BCUT2D eigenvalue weighted by molar-refractivity contribution is 5.18. The van der Waals surface area contributed by atoms with Gasteiger partial charge in [-0.2, -0.15) is 5.10 Å². The maximum atomic E-state index is 6.60. The largest absolute Gasteiger partial charge is 0.321 e. The van der Waals surface area contributed by atoms with E-state index in [9.17, 15) is 0 Å². The van der Waals surface area contributed by atoms with E-state index in [1.165, 1.54) is 18.4 Å². The maximum Gasteiger partial charge on any atom is 0.0540 e. The van der Waals surface area contributed by atoms with Gasteiger partial charge in [-0.05, 0) is 43.9 Å². The average molecular weight is 249 g/mol. The molecular weight excluding hydrogens is 222 g/mol. The van der Waals surface area contributed by atoms with Crippen molar-refractivity contribution < 1.29 is 0 Å². The van der Waals surface area contributed by atoms with Crippen LogP contribution in [0.4, 0.5) is 0 Å². The van der Waals surface area contributed by atoms with Crippen molar-refractivity contribution in [3.8, 4) is 0 Å². The van der Waals surface area contributed by atoms with Gasteiger partial charge in [0.2, 0.25) is 0 Å². The zero-order chi connectivity index (χ0) is 13.4. The van der Waals surface area contributed by atoms with E-state index in [1.807, 2.05) is 10.9 Å². The Balaban J connectivity index is 2.07. The zero-order valence-corrected chi connectivity index (χ0v) is 12.2. The molecule has 3 heteroatoms. The highest BCUT2D eigenvalue weighted by Crippen LogP contribution is 2.44. The molecule has 1 aliphatic rings. The van der Waals surface area contributed by atoms with E-state index < -0.39 is 0 Å². The zero-order valence-electron chi connectivity index (χ0n) is 12.2. The first-order valence-corrected chi connectivity index (χ1v) is 7.17. The van der Waals surface area contributed by atoms with Gasteiger partial charge in [0, 0.05) is 23.8 Å². The van der Waals surface area contributed by atoms with Gasteiger partial charge in [-0.25, -0.2) is 0 Å². The fourth-order valence-corrected chi connectivity index (χ4v) is 3.08. The fourth-order valence-electron chi connectivity index (χ4n) is 3.08. The van der Waals surface area contributed by atoms with Crippen molar-refractivity contribution in [2.45, 2.75) is 65.5 Å². The predicted octanol–water partition coefficient (Wildman–Crippen LogP) is 3.29. The topological polar surface area (TPSA) is 43.8 Å². The van der Waals surface area contributed by atoms with E-state index in [-0.39, 0.29) is 5.54 Å². The second kappa shape index (κ2) is 4.69. The minimum Gasteiger partial charge on any atom is -0.321 e. The lowest BCUT2D eigenvalue weighted by molar-refractivity contribution is 0.134. The van der Waals surface area contributed by atoms with Crippen molar-refractivity contribution >= 4 is 0 Å². The summed E-state index contributed by atoms with van der Waals surface area (Å²) in [5.41, 5.74) is 8.09. The van der Waals surface area contributed by atoms with Gasteiger partial charge < -0.3 is 5.73 Å². The molecule has 0 bridgehead atoms. The summed E-state index contributed by atoms with van der Waals surface area (Å²) >= 11 is 0. The maximum absolute atomic E-state index is 6.60. The van der Waals surface area contributed by atoms with Gasteiger partial charge >= 0.3 is 0 Å². The average Bonchev–Trinajstić information content (AvgIpc) is 2.77. The molecule has 1 saturated carbocycles. The van der Waals surface area contributed by atoms with Crippen molar-refractivity contribution in [2.24, 2.45) is 17.1 Å². The third kappa shape index (κ3) is 2.61. The third-order valence-electron chi connectivity index (χ3n) is 4.63. The summed E-state index contributed by atoms with van der Waals surface area (Å²) in [7, 11) is 0. The first-order valence-electron chi connectivity index (χ1n) is 7.17.